The molecule has 0 aliphatic heterocycles. The van der Waals surface area contributed by atoms with Crippen LogP contribution in [0, 0.1) is 0 Å². The van der Waals surface area contributed by atoms with Crippen LogP contribution in [0.1, 0.15) is 61.6 Å². The number of imidazole rings is 1. The van der Waals surface area contributed by atoms with E-state index in [-0.39, 0.29) is 35.4 Å². The minimum atomic E-state index is -0.275. The summed E-state index contributed by atoms with van der Waals surface area (Å²) in [5.41, 5.74) is 0.905. The van der Waals surface area contributed by atoms with Crippen LogP contribution in [0.25, 0.3) is 5.52 Å². The van der Waals surface area contributed by atoms with Gasteiger partial charge in [0.15, 0.2) is 5.69 Å². The van der Waals surface area contributed by atoms with E-state index >= 15 is 0 Å². The minimum absolute atomic E-state index is 0.0518. The average molecular weight is 316 g/mol. The molecule has 124 valence electrons. The fourth-order valence-electron chi connectivity index (χ4n) is 2.15. The van der Waals surface area contributed by atoms with Crippen molar-refractivity contribution in [3.8, 4) is 0 Å². The second-order valence-corrected chi connectivity index (χ2v) is 5.81. The van der Waals surface area contributed by atoms with Crippen LogP contribution >= 0.6 is 0 Å². The molecule has 0 radical (unpaired) electrons. The van der Waals surface area contributed by atoms with Gasteiger partial charge in [-0.05, 0) is 38.8 Å². The number of nitrogens with one attached hydrogen (secondary N) is 2. The molecular formula is C17H24N4O2. The Bertz CT molecular complexity index is 650. The lowest BCUT2D eigenvalue weighted by molar-refractivity contribution is 0.0928. The van der Waals surface area contributed by atoms with Gasteiger partial charge < -0.3 is 10.6 Å². The number of carbonyl (C=O) groups is 2. The van der Waals surface area contributed by atoms with Crippen LogP contribution < -0.4 is 10.6 Å². The summed E-state index contributed by atoms with van der Waals surface area (Å²) in [6.45, 7) is 7.87. The van der Waals surface area contributed by atoms with E-state index in [0.717, 1.165) is 12.8 Å². The Morgan fingerprint density at radius 2 is 1.70 bits per heavy atom. The first-order chi connectivity index (χ1) is 11.0. The number of pyridine rings is 1. The zero-order valence-corrected chi connectivity index (χ0v) is 14.1. The van der Waals surface area contributed by atoms with Gasteiger partial charge in [-0.2, -0.15) is 0 Å². The third-order valence-electron chi connectivity index (χ3n) is 3.95. The van der Waals surface area contributed by atoms with Crippen LogP contribution in [0.15, 0.2) is 24.4 Å². The number of hydrogen-bond donors (Lipinski definition) is 2. The zero-order chi connectivity index (χ0) is 17.0. The number of amides is 2. The van der Waals surface area contributed by atoms with Crippen LogP contribution in [0.5, 0.6) is 0 Å². The molecule has 6 heteroatoms. The van der Waals surface area contributed by atoms with Gasteiger partial charge in [-0.3, -0.25) is 14.0 Å². The lowest BCUT2D eigenvalue weighted by Crippen LogP contribution is -2.34. The van der Waals surface area contributed by atoms with Crippen molar-refractivity contribution in [2.24, 2.45) is 0 Å². The number of nitrogens with zero attached hydrogens (tertiary/aromatic N) is 2. The van der Waals surface area contributed by atoms with Crippen molar-refractivity contribution in [2.45, 2.75) is 52.6 Å². The molecule has 2 amide bonds. The number of fused-ring (bicyclic) bond motifs is 1. The number of hydrogen-bond acceptors (Lipinski definition) is 3. The Labute approximate surface area is 136 Å². The second kappa shape index (κ2) is 7.26. The van der Waals surface area contributed by atoms with Crippen molar-refractivity contribution in [3.05, 3.63) is 35.9 Å². The summed E-state index contributed by atoms with van der Waals surface area (Å²) in [7, 11) is 0. The molecule has 0 bridgehead atoms. The van der Waals surface area contributed by atoms with Gasteiger partial charge in [-0.25, -0.2) is 4.98 Å². The van der Waals surface area contributed by atoms with Crippen molar-refractivity contribution in [1.29, 1.82) is 0 Å². The Balaban J connectivity index is 2.40. The summed E-state index contributed by atoms with van der Waals surface area (Å²) in [5.74, 6) is -0.302. The molecule has 2 N–H and O–H groups in total. The third-order valence-corrected chi connectivity index (χ3v) is 3.95. The highest BCUT2D eigenvalue weighted by molar-refractivity contribution is 6.02. The predicted molar refractivity (Wildman–Crippen MR) is 89.6 cm³/mol. The number of aromatic nitrogens is 2. The van der Waals surface area contributed by atoms with Gasteiger partial charge in [0.1, 0.15) is 0 Å². The molecule has 0 aliphatic carbocycles. The highest BCUT2D eigenvalue weighted by Gasteiger charge is 2.22. The maximum Gasteiger partial charge on any atom is 0.287 e. The van der Waals surface area contributed by atoms with Gasteiger partial charge in [0.2, 0.25) is 5.82 Å². The quantitative estimate of drug-likeness (QED) is 0.859. The fourth-order valence-corrected chi connectivity index (χ4v) is 2.15. The van der Waals surface area contributed by atoms with Crippen molar-refractivity contribution >= 4 is 17.3 Å². The molecule has 0 fully saturated rings. The van der Waals surface area contributed by atoms with E-state index in [1.54, 1.807) is 16.7 Å². The molecule has 2 aromatic heterocycles. The van der Waals surface area contributed by atoms with E-state index in [1.165, 1.54) is 0 Å². The first kappa shape index (κ1) is 17.0. The lowest BCUT2D eigenvalue weighted by atomic mass is 10.2. The molecule has 0 saturated heterocycles. The number of rotatable bonds is 6. The molecular weight excluding hydrogens is 292 g/mol. The highest BCUT2D eigenvalue weighted by atomic mass is 16.2. The third kappa shape index (κ3) is 3.70. The molecule has 2 rings (SSSR count). The highest BCUT2D eigenvalue weighted by Crippen LogP contribution is 2.14. The van der Waals surface area contributed by atoms with Crippen molar-refractivity contribution in [1.82, 2.24) is 20.0 Å². The number of carbonyl (C=O) groups excluding carboxylic acids is 2. The second-order valence-electron chi connectivity index (χ2n) is 5.81. The van der Waals surface area contributed by atoms with Crippen molar-refractivity contribution in [3.63, 3.8) is 0 Å². The van der Waals surface area contributed by atoms with Gasteiger partial charge >= 0.3 is 0 Å². The van der Waals surface area contributed by atoms with E-state index in [4.69, 9.17) is 0 Å². The Morgan fingerprint density at radius 3 is 2.30 bits per heavy atom. The maximum atomic E-state index is 12.4. The van der Waals surface area contributed by atoms with Crippen LogP contribution in [0.4, 0.5) is 0 Å². The Hall–Kier alpha value is -2.37. The first-order valence-corrected chi connectivity index (χ1v) is 8.06. The van der Waals surface area contributed by atoms with Gasteiger partial charge in [0.25, 0.3) is 11.8 Å². The van der Waals surface area contributed by atoms with Gasteiger partial charge in [0, 0.05) is 18.3 Å². The molecule has 2 atom stereocenters. The molecule has 0 aliphatic rings. The normalized spacial score (nSPS) is 13.6. The van der Waals surface area contributed by atoms with E-state index < -0.39 is 0 Å². The summed E-state index contributed by atoms with van der Waals surface area (Å²) in [6, 6.07) is 5.54. The molecule has 6 nitrogen and oxygen atoms in total. The van der Waals surface area contributed by atoms with Crippen LogP contribution in [-0.4, -0.2) is 33.3 Å². The van der Waals surface area contributed by atoms with Crippen LogP contribution in [-0.2, 0) is 0 Å². The van der Waals surface area contributed by atoms with E-state index in [9.17, 15) is 9.59 Å². The SMILES string of the molecule is CCC(C)NC(=O)c1nc(C(=O)NC(C)CC)n2ccccc12. The summed E-state index contributed by atoms with van der Waals surface area (Å²) < 4.78 is 1.66. The van der Waals surface area contributed by atoms with Gasteiger partial charge in [-0.15, -0.1) is 0 Å². The molecule has 2 heterocycles. The lowest BCUT2D eigenvalue weighted by Gasteiger charge is -2.10. The first-order valence-electron chi connectivity index (χ1n) is 8.06. The zero-order valence-electron chi connectivity index (χ0n) is 14.1. The molecule has 2 aromatic rings. The summed E-state index contributed by atoms with van der Waals surface area (Å²) in [4.78, 5) is 29.1. The smallest absolute Gasteiger partial charge is 0.287 e. The van der Waals surface area contributed by atoms with Crippen LogP contribution in [0.3, 0.4) is 0 Å². The monoisotopic (exact) mass is 316 g/mol. The molecule has 23 heavy (non-hydrogen) atoms. The van der Waals surface area contributed by atoms with Crippen molar-refractivity contribution < 1.29 is 9.59 Å². The standard InChI is InChI=1S/C17H24N4O2/c1-5-11(3)18-16(22)14-13-9-7-8-10-21(13)15(20-14)17(23)19-12(4)6-2/h7-12H,5-6H2,1-4H3,(H,18,22)(H,19,23). The molecule has 0 aromatic carbocycles. The van der Waals surface area contributed by atoms with Gasteiger partial charge in [-0.1, -0.05) is 19.9 Å². The minimum Gasteiger partial charge on any atom is -0.348 e. The summed E-state index contributed by atoms with van der Waals surface area (Å²) >= 11 is 0. The van der Waals surface area contributed by atoms with Gasteiger partial charge in [0.05, 0.1) is 5.52 Å². The van der Waals surface area contributed by atoms with Crippen LogP contribution in [0.2, 0.25) is 0 Å². The Morgan fingerprint density at radius 1 is 1.09 bits per heavy atom. The van der Waals surface area contributed by atoms with Crippen molar-refractivity contribution in [2.75, 3.05) is 0 Å². The Kier molecular flexibility index (Phi) is 5.36. The van der Waals surface area contributed by atoms with E-state index in [2.05, 4.69) is 15.6 Å². The summed E-state index contributed by atoms with van der Waals surface area (Å²) in [5, 5.41) is 5.78. The van der Waals surface area contributed by atoms with E-state index in [1.807, 2.05) is 39.8 Å². The average Bonchev–Trinajstić information content (AvgIpc) is 2.94. The molecule has 0 saturated carbocycles. The van der Waals surface area contributed by atoms with E-state index in [0.29, 0.717) is 5.52 Å². The topological polar surface area (TPSA) is 75.5 Å². The summed E-state index contributed by atoms with van der Waals surface area (Å²) in [6.07, 6.45) is 3.41. The maximum absolute atomic E-state index is 12.4. The largest absolute Gasteiger partial charge is 0.348 e. The molecule has 0 spiro atoms. The fraction of sp³-hybridized carbons (Fsp3) is 0.471. The molecule has 2 unspecified atom stereocenters. The predicted octanol–water partition coefficient (Wildman–Crippen LogP) is 2.39.